The lowest BCUT2D eigenvalue weighted by Crippen LogP contribution is -2.49. The largest absolute Gasteiger partial charge is 0.396 e. The van der Waals surface area contributed by atoms with Gasteiger partial charge in [0.15, 0.2) is 0 Å². The van der Waals surface area contributed by atoms with E-state index in [2.05, 4.69) is 0 Å². The summed E-state index contributed by atoms with van der Waals surface area (Å²) in [7, 11) is 0. The molecule has 2 bridgehead atoms. The molecule has 1 aromatic heterocycles. The van der Waals surface area contributed by atoms with E-state index in [-0.39, 0.29) is 35.9 Å². The minimum atomic E-state index is -0.484. The smallest absolute Gasteiger partial charge is 0.250 e. The lowest BCUT2D eigenvalue weighted by atomic mass is 9.85. The number of hydrogen-bond donors (Lipinski definition) is 1. The number of carbonyl (C=O) groups excluding carboxylic acids is 2. The van der Waals surface area contributed by atoms with Crippen LogP contribution in [-0.4, -0.2) is 57.0 Å². The van der Waals surface area contributed by atoms with Gasteiger partial charge in [-0.05, 0) is 44.1 Å². The summed E-state index contributed by atoms with van der Waals surface area (Å²) < 4.78 is 1.71. The van der Waals surface area contributed by atoms with E-state index in [0.717, 1.165) is 50.9 Å². The molecule has 3 fully saturated rings. The quantitative estimate of drug-likeness (QED) is 0.823. The summed E-state index contributed by atoms with van der Waals surface area (Å²) in [6.07, 6.45) is 5.81. The van der Waals surface area contributed by atoms with Crippen molar-refractivity contribution < 1.29 is 14.7 Å². The molecule has 156 valence electrons. The zero-order chi connectivity index (χ0) is 20.1. The molecule has 2 saturated heterocycles. The highest BCUT2D eigenvalue weighted by atomic mass is 16.3. The fourth-order valence-electron chi connectivity index (χ4n) is 5.68. The van der Waals surface area contributed by atoms with Gasteiger partial charge in [0.25, 0.3) is 5.56 Å². The van der Waals surface area contributed by atoms with E-state index in [0.29, 0.717) is 18.9 Å². The van der Waals surface area contributed by atoms with Gasteiger partial charge in [-0.25, -0.2) is 0 Å². The van der Waals surface area contributed by atoms with Crippen molar-refractivity contribution in [2.24, 2.45) is 17.8 Å². The van der Waals surface area contributed by atoms with Gasteiger partial charge in [0.05, 0.1) is 18.0 Å². The van der Waals surface area contributed by atoms with Crippen molar-refractivity contribution in [2.75, 3.05) is 19.7 Å². The van der Waals surface area contributed by atoms with Crippen LogP contribution in [0.1, 0.15) is 50.3 Å². The highest BCUT2D eigenvalue weighted by molar-refractivity contribution is 5.84. The second kappa shape index (κ2) is 7.27. The average molecular weight is 399 g/mol. The Bertz CT molecular complexity index is 871. The van der Waals surface area contributed by atoms with E-state index in [9.17, 15) is 19.5 Å². The average Bonchev–Trinajstić information content (AvgIpc) is 3.51. The van der Waals surface area contributed by atoms with Crippen LogP contribution in [0.5, 0.6) is 0 Å². The van der Waals surface area contributed by atoms with Gasteiger partial charge in [-0.15, -0.1) is 0 Å². The molecule has 1 saturated carbocycles. The first-order valence-electron chi connectivity index (χ1n) is 11.0. The molecule has 0 unspecified atom stereocenters. The second-order valence-corrected chi connectivity index (χ2v) is 9.12. The molecule has 1 aromatic rings. The third kappa shape index (κ3) is 3.10. The molecule has 1 N–H and O–H groups in total. The predicted molar refractivity (Wildman–Crippen MR) is 106 cm³/mol. The van der Waals surface area contributed by atoms with Crippen molar-refractivity contribution in [1.82, 2.24) is 14.4 Å². The van der Waals surface area contributed by atoms with Crippen molar-refractivity contribution in [3.05, 3.63) is 34.2 Å². The van der Waals surface area contributed by atoms with Crippen LogP contribution in [0.25, 0.3) is 0 Å². The second-order valence-electron chi connectivity index (χ2n) is 9.12. The maximum atomic E-state index is 13.6. The van der Waals surface area contributed by atoms with Gasteiger partial charge in [0.2, 0.25) is 11.8 Å². The summed E-state index contributed by atoms with van der Waals surface area (Å²) >= 11 is 0. The number of likely N-dealkylation sites (tertiary alicyclic amines) is 1. The number of fused-ring (bicyclic) bond motifs is 4. The standard InChI is InChI=1S/C22H29N3O4/c26-13-15-17-12-24-16(5-4-6-18(24)27)21(25(17)19(28)11-14-7-8-14)20(15)22(29)23-9-2-1-3-10-23/h4-6,14-15,17,20-21,26H,1-3,7-13H2/t15-,17-,20+,21+/m1/s1. The van der Waals surface area contributed by atoms with Crippen LogP contribution in [0.3, 0.4) is 0 Å². The summed E-state index contributed by atoms with van der Waals surface area (Å²) in [5.74, 6) is -0.271. The monoisotopic (exact) mass is 399 g/mol. The highest BCUT2D eigenvalue weighted by Crippen LogP contribution is 2.50. The van der Waals surface area contributed by atoms with Crippen LogP contribution in [0, 0.1) is 17.8 Å². The molecule has 4 atom stereocenters. The maximum absolute atomic E-state index is 13.6. The van der Waals surface area contributed by atoms with E-state index < -0.39 is 12.0 Å². The van der Waals surface area contributed by atoms with Crippen molar-refractivity contribution in [2.45, 2.75) is 57.2 Å². The van der Waals surface area contributed by atoms with Gasteiger partial charge in [-0.2, -0.15) is 0 Å². The normalized spacial score (nSPS) is 30.9. The van der Waals surface area contributed by atoms with Crippen molar-refractivity contribution >= 4 is 11.8 Å². The van der Waals surface area contributed by atoms with Crippen LogP contribution in [0.2, 0.25) is 0 Å². The highest BCUT2D eigenvalue weighted by Gasteiger charge is 2.58. The first kappa shape index (κ1) is 18.9. The van der Waals surface area contributed by atoms with Crippen LogP contribution in [0.15, 0.2) is 23.0 Å². The number of aliphatic hydroxyl groups is 1. The molecule has 4 aliphatic rings. The van der Waals surface area contributed by atoms with Gasteiger partial charge in [-0.3, -0.25) is 14.4 Å². The number of amides is 2. The predicted octanol–water partition coefficient (Wildman–Crippen LogP) is 1.15. The third-order valence-electron chi connectivity index (χ3n) is 7.32. The minimum absolute atomic E-state index is 0.0326. The fourth-order valence-corrected chi connectivity index (χ4v) is 5.68. The molecule has 0 spiro atoms. The van der Waals surface area contributed by atoms with Gasteiger partial charge in [0, 0.05) is 50.3 Å². The third-order valence-corrected chi connectivity index (χ3v) is 7.32. The number of rotatable bonds is 4. The SMILES string of the molecule is O=C([C@H]1[C@H](CO)[C@H]2Cn3c(cccc3=O)[C@@H]1N2C(=O)CC1CC1)N1CCCCC1. The lowest BCUT2D eigenvalue weighted by Gasteiger charge is -2.38. The van der Waals surface area contributed by atoms with Gasteiger partial charge >= 0.3 is 0 Å². The minimum Gasteiger partial charge on any atom is -0.396 e. The topological polar surface area (TPSA) is 82.8 Å². The van der Waals surface area contributed by atoms with E-state index in [1.165, 1.54) is 6.07 Å². The Morgan fingerprint density at radius 1 is 1.10 bits per heavy atom. The first-order valence-corrected chi connectivity index (χ1v) is 11.0. The van der Waals surface area contributed by atoms with Crippen molar-refractivity contribution in [1.29, 1.82) is 0 Å². The van der Waals surface area contributed by atoms with Crippen molar-refractivity contribution in [3.8, 4) is 0 Å². The van der Waals surface area contributed by atoms with Gasteiger partial charge in [-0.1, -0.05) is 6.07 Å². The number of aromatic nitrogens is 1. The van der Waals surface area contributed by atoms with E-state index in [4.69, 9.17) is 0 Å². The number of hydrogen-bond acceptors (Lipinski definition) is 4. The summed E-state index contributed by atoms with van der Waals surface area (Å²) in [6.45, 7) is 1.68. The summed E-state index contributed by atoms with van der Waals surface area (Å²) in [4.78, 5) is 43.1. The Hall–Kier alpha value is -2.15. The number of nitrogens with zero attached hydrogens (tertiary/aromatic N) is 3. The molecule has 29 heavy (non-hydrogen) atoms. The number of pyridine rings is 1. The van der Waals surface area contributed by atoms with E-state index >= 15 is 0 Å². The summed E-state index contributed by atoms with van der Waals surface area (Å²) in [5, 5.41) is 10.3. The molecule has 4 heterocycles. The lowest BCUT2D eigenvalue weighted by molar-refractivity contribution is -0.140. The van der Waals surface area contributed by atoms with E-state index in [1.807, 2.05) is 15.9 Å². The molecule has 0 radical (unpaired) electrons. The molecule has 3 aliphatic heterocycles. The Morgan fingerprint density at radius 3 is 2.55 bits per heavy atom. The summed E-state index contributed by atoms with van der Waals surface area (Å²) in [6, 6.07) is 4.35. The molecule has 7 heteroatoms. The fraction of sp³-hybridized carbons (Fsp3) is 0.682. The first-order chi connectivity index (χ1) is 14.1. The Labute approximate surface area is 170 Å². The van der Waals surface area contributed by atoms with E-state index in [1.54, 1.807) is 10.6 Å². The molecule has 2 amide bonds. The molecule has 5 rings (SSSR count). The van der Waals surface area contributed by atoms with Gasteiger partial charge < -0.3 is 19.5 Å². The summed E-state index contributed by atoms with van der Waals surface area (Å²) in [5.41, 5.74) is 0.638. The Balaban J connectivity index is 1.57. The molecular formula is C22H29N3O4. The maximum Gasteiger partial charge on any atom is 0.250 e. The zero-order valence-corrected chi connectivity index (χ0v) is 16.7. The Morgan fingerprint density at radius 2 is 1.86 bits per heavy atom. The molecule has 0 aromatic carbocycles. The van der Waals surface area contributed by atoms with Crippen LogP contribution >= 0.6 is 0 Å². The number of carbonyl (C=O) groups is 2. The molecular weight excluding hydrogens is 370 g/mol. The van der Waals surface area contributed by atoms with Crippen molar-refractivity contribution in [3.63, 3.8) is 0 Å². The molecule has 7 nitrogen and oxygen atoms in total. The number of aliphatic hydroxyl groups excluding tert-OH is 1. The number of piperidine rings is 1. The molecule has 1 aliphatic carbocycles. The Kier molecular flexibility index (Phi) is 4.73. The van der Waals surface area contributed by atoms with Crippen LogP contribution in [0.4, 0.5) is 0 Å². The van der Waals surface area contributed by atoms with Gasteiger partial charge in [0.1, 0.15) is 0 Å². The van der Waals surface area contributed by atoms with Crippen LogP contribution in [-0.2, 0) is 16.1 Å². The van der Waals surface area contributed by atoms with Crippen LogP contribution < -0.4 is 5.56 Å². The zero-order valence-electron chi connectivity index (χ0n) is 16.7.